The van der Waals surface area contributed by atoms with Gasteiger partial charge in [0.1, 0.15) is 11.0 Å². The average Bonchev–Trinajstić information content (AvgIpc) is 3.14. The van der Waals surface area contributed by atoms with Crippen molar-refractivity contribution in [2.75, 3.05) is 12.4 Å². The second-order valence-electron chi connectivity index (χ2n) is 6.06. The normalized spacial score (nSPS) is 11.9. The molecule has 4 aromatic rings. The molecule has 28 heavy (non-hydrogen) atoms. The van der Waals surface area contributed by atoms with Crippen LogP contribution in [0, 0.1) is 0 Å². The zero-order chi connectivity index (χ0) is 19.3. The Bertz CT molecular complexity index is 1080. The second-order valence-corrected chi connectivity index (χ2v) is 8.27. The van der Waals surface area contributed by atoms with E-state index in [0.717, 1.165) is 26.4 Å². The number of thioether (sulfide) groups is 1. The van der Waals surface area contributed by atoms with Crippen molar-refractivity contribution >= 4 is 44.4 Å². The summed E-state index contributed by atoms with van der Waals surface area (Å²) in [5.74, 6) is 0.682. The Morgan fingerprint density at radius 3 is 2.46 bits per heavy atom. The maximum Gasteiger partial charge on any atom is 0.244 e. The third-order valence-electron chi connectivity index (χ3n) is 4.16. The molecule has 3 aromatic carbocycles. The highest BCUT2D eigenvalue weighted by Gasteiger charge is 2.23. The summed E-state index contributed by atoms with van der Waals surface area (Å²) in [5, 5.41) is 3.21. The van der Waals surface area contributed by atoms with Gasteiger partial charge < -0.3 is 10.1 Å². The fraction of sp³-hybridized carbons (Fsp3) is 0.0909. The number of carbonyl (C=O) groups excluding carboxylic acids is 1. The summed E-state index contributed by atoms with van der Waals surface area (Å²) >= 11 is 2.97. The van der Waals surface area contributed by atoms with Gasteiger partial charge in [-0.1, -0.05) is 59.9 Å². The molecule has 4 nitrogen and oxygen atoms in total. The first-order valence-electron chi connectivity index (χ1n) is 8.75. The molecule has 0 aliphatic heterocycles. The fourth-order valence-electron chi connectivity index (χ4n) is 2.79. The minimum absolute atomic E-state index is 0.0916. The number of thiazole rings is 1. The van der Waals surface area contributed by atoms with Gasteiger partial charge in [0.25, 0.3) is 0 Å². The molecule has 0 aliphatic carbocycles. The SMILES string of the molecule is COc1ccc2nc(NC(=O)C(Sc3ccccc3)c3ccccc3)sc2c1. The van der Waals surface area contributed by atoms with E-state index in [0.29, 0.717) is 5.13 Å². The lowest BCUT2D eigenvalue weighted by molar-refractivity contribution is -0.115. The van der Waals surface area contributed by atoms with E-state index in [-0.39, 0.29) is 11.2 Å². The van der Waals surface area contributed by atoms with Crippen molar-refractivity contribution < 1.29 is 9.53 Å². The van der Waals surface area contributed by atoms with Crippen molar-refractivity contribution in [3.8, 4) is 5.75 Å². The summed E-state index contributed by atoms with van der Waals surface area (Å²) in [4.78, 5) is 18.7. The van der Waals surface area contributed by atoms with Crippen molar-refractivity contribution in [2.45, 2.75) is 10.1 Å². The van der Waals surface area contributed by atoms with E-state index in [1.807, 2.05) is 78.9 Å². The van der Waals surface area contributed by atoms with Crippen LogP contribution in [0.15, 0.2) is 83.8 Å². The molecular formula is C22H18N2O2S2. The van der Waals surface area contributed by atoms with Crippen LogP contribution in [0.25, 0.3) is 10.2 Å². The summed E-state index contributed by atoms with van der Waals surface area (Å²) in [7, 11) is 1.64. The van der Waals surface area contributed by atoms with E-state index in [2.05, 4.69) is 10.3 Å². The molecule has 0 saturated carbocycles. The molecule has 0 radical (unpaired) electrons. The second kappa shape index (κ2) is 8.46. The Morgan fingerprint density at radius 1 is 1.04 bits per heavy atom. The molecule has 0 bridgehead atoms. The summed E-state index contributed by atoms with van der Waals surface area (Å²) in [5.41, 5.74) is 1.80. The number of benzene rings is 3. The van der Waals surface area contributed by atoms with E-state index in [9.17, 15) is 4.79 Å². The van der Waals surface area contributed by atoms with Crippen LogP contribution in [-0.2, 0) is 4.79 Å². The molecule has 4 rings (SSSR count). The molecule has 1 heterocycles. The largest absolute Gasteiger partial charge is 0.497 e. The van der Waals surface area contributed by atoms with Crippen molar-refractivity contribution in [3.63, 3.8) is 0 Å². The Balaban J connectivity index is 1.60. The van der Waals surface area contributed by atoms with Crippen LogP contribution in [0.2, 0.25) is 0 Å². The van der Waals surface area contributed by atoms with Gasteiger partial charge in [-0.2, -0.15) is 0 Å². The number of aromatic nitrogens is 1. The molecule has 140 valence electrons. The molecule has 1 N–H and O–H groups in total. The van der Waals surface area contributed by atoms with Gasteiger partial charge in [0.15, 0.2) is 5.13 Å². The van der Waals surface area contributed by atoms with Crippen LogP contribution in [0.4, 0.5) is 5.13 Å². The van der Waals surface area contributed by atoms with E-state index in [1.165, 1.54) is 23.1 Å². The summed E-state index contributed by atoms with van der Waals surface area (Å²) in [6.07, 6.45) is 0. The predicted octanol–water partition coefficient (Wildman–Crippen LogP) is 5.78. The van der Waals surface area contributed by atoms with E-state index < -0.39 is 0 Å². The fourth-order valence-corrected chi connectivity index (χ4v) is 4.74. The molecule has 1 amide bonds. The summed E-state index contributed by atoms with van der Waals surface area (Å²) < 4.78 is 6.24. The average molecular weight is 407 g/mol. The molecule has 1 atom stereocenters. The smallest absolute Gasteiger partial charge is 0.244 e. The Labute approximate surface area is 171 Å². The molecular weight excluding hydrogens is 388 g/mol. The highest BCUT2D eigenvalue weighted by molar-refractivity contribution is 8.00. The van der Waals surface area contributed by atoms with Gasteiger partial charge >= 0.3 is 0 Å². The summed E-state index contributed by atoms with van der Waals surface area (Å²) in [6, 6.07) is 25.4. The Kier molecular flexibility index (Phi) is 5.60. The van der Waals surface area contributed by atoms with Crippen LogP contribution in [0.3, 0.4) is 0 Å². The zero-order valence-electron chi connectivity index (χ0n) is 15.2. The number of nitrogens with zero attached hydrogens (tertiary/aromatic N) is 1. The minimum Gasteiger partial charge on any atom is -0.497 e. The molecule has 6 heteroatoms. The molecule has 1 unspecified atom stereocenters. The van der Waals surface area contributed by atoms with Crippen LogP contribution in [-0.4, -0.2) is 18.0 Å². The number of hydrogen-bond acceptors (Lipinski definition) is 5. The van der Waals surface area contributed by atoms with E-state index in [4.69, 9.17) is 4.74 Å². The van der Waals surface area contributed by atoms with Gasteiger partial charge in [-0.3, -0.25) is 4.79 Å². The number of hydrogen-bond donors (Lipinski definition) is 1. The van der Waals surface area contributed by atoms with Crippen LogP contribution < -0.4 is 10.1 Å². The zero-order valence-corrected chi connectivity index (χ0v) is 16.8. The Hall–Kier alpha value is -2.83. The van der Waals surface area contributed by atoms with Crippen molar-refractivity contribution in [1.82, 2.24) is 4.98 Å². The number of fused-ring (bicyclic) bond motifs is 1. The third-order valence-corrected chi connectivity index (χ3v) is 6.36. The number of amides is 1. The molecule has 0 saturated heterocycles. The van der Waals surface area contributed by atoms with E-state index in [1.54, 1.807) is 7.11 Å². The molecule has 0 spiro atoms. The molecule has 0 fully saturated rings. The van der Waals surface area contributed by atoms with Crippen LogP contribution in [0.1, 0.15) is 10.8 Å². The third kappa shape index (κ3) is 4.18. The van der Waals surface area contributed by atoms with Gasteiger partial charge in [0.2, 0.25) is 5.91 Å². The predicted molar refractivity (Wildman–Crippen MR) is 116 cm³/mol. The van der Waals surface area contributed by atoms with Crippen molar-refractivity contribution in [3.05, 3.63) is 84.4 Å². The number of methoxy groups -OCH3 is 1. The quantitative estimate of drug-likeness (QED) is 0.413. The number of anilines is 1. The first-order chi connectivity index (χ1) is 13.7. The molecule has 0 aliphatic rings. The van der Waals surface area contributed by atoms with E-state index >= 15 is 0 Å². The standard InChI is InChI=1S/C22H18N2O2S2/c1-26-16-12-13-18-19(14-16)28-22(23-18)24-21(25)20(15-8-4-2-5-9-15)27-17-10-6-3-7-11-17/h2-14,20H,1H3,(H,23,24,25). The lowest BCUT2D eigenvalue weighted by atomic mass is 10.1. The first kappa shape index (κ1) is 18.5. The topological polar surface area (TPSA) is 51.2 Å². The minimum atomic E-state index is -0.370. The summed E-state index contributed by atoms with van der Waals surface area (Å²) in [6.45, 7) is 0. The first-order valence-corrected chi connectivity index (χ1v) is 10.4. The maximum atomic E-state index is 13.1. The van der Waals surface area contributed by atoms with Crippen molar-refractivity contribution in [2.24, 2.45) is 0 Å². The lowest BCUT2D eigenvalue weighted by Crippen LogP contribution is -2.18. The monoisotopic (exact) mass is 406 g/mol. The number of carbonyl (C=O) groups is 1. The van der Waals surface area contributed by atoms with Gasteiger partial charge in [0.05, 0.1) is 17.3 Å². The van der Waals surface area contributed by atoms with Crippen molar-refractivity contribution in [1.29, 1.82) is 0 Å². The lowest BCUT2D eigenvalue weighted by Gasteiger charge is -2.16. The molecule has 1 aromatic heterocycles. The number of nitrogens with one attached hydrogen (secondary N) is 1. The van der Waals surface area contributed by atoms with Crippen LogP contribution in [0.5, 0.6) is 5.75 Å². The van der Waals surface area contributed by atoms with Crippen LogP contribution >= 0.6 is 23.1 Å². The number of rotatable bonds is 6. The Morgan fingerprint density at radius 2 is 1.75 bits per heavy atom. The van der Waals surface area contributed by atoms with Gasteiger partial charge in [-0.05, 0) is 35.9 Å². The van der Waals surface area contributed by atoms with Gasteiger partial charge in [-0.15, -0.1) is 11.8 Å². The van der Waals surface area contributed by atoms with Gasteiger partial charge in [0, 0.05) is 4.90 Å². The highest BCUT2D eigenvalue weighted by atomic mass is 32.2. The highest BCUT2D eigenvalue weighted by Crippen LogP contribution is 2.37. The van der Waals surface area contributed by atoms with Gasteiger partial charge in [-0.25, -0.2) is 4.98 Å². The maximum absolute atomic E-state index is 13.1. The number of ether oxygens (including phenoxy) is 1.